The molecule has 0 fully saturated rings. The largest absolute Gasteiger partial charge is 0.345 e. The van der Waals surface area contributed by atoms with Gasteiger partial charge < -0.3 is 15.1 Å². The molecule has 148 valence electrons. The molecule has 2 aromatic rings. The highest BCUT2D eigenvalue weighted by Gasteiger charge is 2.26. The van der Waals surface area contributed by atoms with Gasteiger partial charge in [0, 0.05) is 39.3 Å². The Morgan fingerprint density at radius 2 is 1.96 bits per heavy atom. The number of carbonyl (C=O) groups excluding carboxylic acids is 3. The first-order valence-electron chi connectivity index (χ1n) is 9.42. The Balaban J connectivity index is 1.70. The molecule has 0 atom stereocenters. The quantitative estimate of drug-likeness (QED) is 0.810. The average molecular weight is 383 g/mol. The van der Waals surface area contributed by atoms with Crippen LogP contribution >= 0.6 is 0 Å². The van der Waals surface area contributed by atoms with Gasteiger partial charge in [-0.25, -0.2) is 0 Å². The summed E-state index contributed by atoms with van der Waals surface area (Å²) in [6, 6.07) is 11.3. The molecule has 0 bridgehead atoms. The van der Waals surface area contributed by atoms with E-state index < -0.39 is 5.91 Å². The van der Waals surface area contributed by atoms with Crippen molar-refractivity contribution in [2.24, 2.45) is 0 Å². The van der Waals surface area contributed by atoms with Crippen LogP contribution in [0.5, 0.6) is 0 Å². The Kier molecular flexibility index (Phi) is 6.08. The number of aromatic nitrogens is 2. The van der Waals surface area contributed by atoms with Crippen LogP contribution in [0.2, 0.25) is 0 Å². The molecule has 1 N–H and O–H groups in total. The van der Waals surface area contributed by atoms with Crippen LogP contribution in [-0.4, -0.2) is 64.0 Å². The summed E-state index contributed by atoms with van der Waals surface area (Å²) in [5.74, 6) is -0.780. The van der Waals surface area contributed by atoms with Crippen LogP contribution in [0, 0.1) is 0 Å². The van der Waals surface area contributed by atoms with Crippen molar-refractivity contribution >= 4 is 17.7 Å². The Hall–Kier alpha value is -3.16. The van der Waals surface area contributed by atoms with Crippen LogP contribution in [-0.2, 0) is 17.9 Å². The number of hydrogen-bond donors (Lipinski definition) is 1. The Labute approximate surface area is 164 Å². The number of nitrogens with zero attached hydrogens (tertiary/aromatic N) is 4. The lowest BCUT2D eigenvalue weighted by Gasteiger charge is -2.20. The molecule has 1 aromatic carbocycles. The number of likely N-dealkylation sites (N-methyl/N-ethyl adjacent to an activating group) is 1. The molecular weight excluding hydrogens is 358 g/mol. The highest BCUT2D eigenvalue weighted by atomic mass is 16.2. The molecule has 1 aliphatic heterocycles. The Bertz CT molecular complexity index is 862. The van der Waals surface area contributed by atoms with Crippen molar-refractivity contribution in [2.75, 3.05) is 26.7 Å². The molecule has 0 spiro atoms. The van der Waals surface area contributed by atoms with E-state index in [9.17, 15) is 14.4 Å². The highest BCUT2D eigenvalue weighted by molar-refractivity contribution is 5.99. The van der Waals surface area contributed by atoms with E-state index in [0.717, 1.165) is 12.0 Å². The summed E-state index contributed by atoms with van der Waals surface area (Å²) in [6.45, 7) is 4.05. The second-order valence-corrected chi connectivity index (χ2v) is 6.79. The minimum absolute atomic E-state index is 0.0978. The Morgan fingerprint density at radius 1 is 1.21 bits per heavy atom. The van der Waals surface area contributed by atoms with E-state index in [4.69, 9.17) is 0 Å². The van der Waals surface area contributed by atoms with Crippen LogP contribution in [0.1, 0.15) is 39.9 Å². The van der Waals surface area contributed by atoms with E-state index in [1.54, 1.807) is 16.6 Å². The zero-order valence-corrected chi connectivity index (χ0v) is 16.2. The van der Waals surface area contributed by atoms with Gasteiger partial charge in [0.1, 0.15) is 5.69 Å². The van der Waals surface area contributed by atoms with Crippen LogP contribution in [0.3, 0.4) is 0 Å². The van der Waals surface area contributed by atoms with Gasteiger partial charge in [0.2, 0.25) is 5.91 Å². The summed E-state index contributed by atoms with van der Waals surface area (Å²) in [6.07, 6.45) is 0.758. The van der Waals surface area contributed by atoms with Crippen molar-refractivity contribution in [1.82, 2.24) is 24.9 Å². The first-order chi connectivity index (χ1) is 13.5. The maximum atomic E-state index is 12.9. The van der Waals surface area contributed by atoms with Crippen molar-refractivity contribution in [3.05, 3.63) is 53.3 Å². The molecule has 0 saturated carbocycles. The minimum atomic E-state index is -0.458. The van der Waals surface area contributed by atoms with Gasteiger partial charge in [-0.2, -0.15) is 5.10 Å². The zero-order chi connectivity index (χ0) is 20.1. The molecule has 0 radical (unpaired) electrons. The molecule has 3 amide bonds. The number of hydrogen-bond acceptors (Lipinski definition) is 4. The van der Waals surface area contributed by atoms with E-state index in [1.165, 1.54) is 11.0 Å². The molecule has 0 aliphatic carbocycles. The molecular formula is C20H25N5O3. The summed E-state index contributed by atoms with van der Waals surface area (Å²) in [7, 11) is 1.67. The summed E-state index contributed by atoms with van der Waals surface area (Å²) < 4.78 is 1.59. The fourth-order valence-electron chi connectivity index (χ4n) is 3.06. The lowest BCUT2D eigenvalue weighted by molar-refractivity contribution is -0.128. The normalized spacial score (nSPS) is 13.6. The fraction of sp³-hybridized carbons (Fsp3) is 0.400. The third-order valence-electron chi connectivity index (χ3n) is 4.83. The first kappa shape index (κ1) is 19.6. The monoisotopic (exact) mass is 383 g/mol. The SMILES string of the molecule is CCN(C)C(=O)CNC(=O)c1cc2n(n1)CCCN(Cc1ccccc1)C2=O. The number of rotatable bonds is 6. The van der Waals surface area contributed by atoms with Gasteiger partial charge in [-0.3, -0.25) is 19.1 Å². The zero-order valence-electron chi connectivity index (χ0n) is 16.2. The Morgan fingerprint density at radius 3 is 2.68 bits per heavy atom. The molecule has 3 rings (SSSR count). The van der Waals surface area contributed by atoms with Gasteiger partial charge in [-0.15, -0.1) is 0 Å². The van der Waals surface area contributed by atoms with Gasteiger partial charge in [0.15, 0.2) is 5.69 Å². The number of carbonyl (C=O) groups is 3. The topological polar surface area (TPSA) is 87.5 Å². The molecule has 8 heteroatoms. The molecule has 0 unspecified atom stereocenters. The van der Waals surface area contributed by atoms with Gasteiger partial charge in [0.05, 0.1) is 6.54 Å². The van der Waals surface area contributed by atoms with Crippen molar-refractivity contribution < 1.29 is 14.4 Å². The van der Waals surface area contributed by atoms with Gasteiger partial charge in [0.25, 0.3) is 11.8 Å². The van der Waals surface area contributed by atoms with Crippen LogP contribution in [0.15, 0.2) is 36.4 Å². The average Bonchev–Trinajstić information content (AvgIpc) is 3.09. The number of amides is 3. The number of aryl methyl sites for hydroxylation is 1. The van der Waals surface area contributed by atoms with E-state index in [2.05, 4.69) is 10.4 Å². The smallest absolute Gasteiger partial charge is 0.272 e. The summed E-state index contributed by atoms with van der Waals surface area (Å²) in [4.78, 5) is 40.4. The van der Waals surface area contributed by atoms with Crippen molar-refractivity contribution in [2.45, 2.75) is 26.4 Å². The molecule has 8 nitrogen and oxygen atoms in total. The van der Waals surface area contributed by atoms with Crippen LogP contribution in [0.4, 0.5) is 0 Å². The van der Waals surface area contributed by atoms with E-state index >= 15 is 0 Å². The summed E-state index contributed by atoms with van der Waals surface area (Å²) >= 11 is 0. The van der Waals surface area contributed by atoms with Crippen molar-refractivity contribution in [3.63, 3.8) is 0 Å². The fourth-order valence-corrected chi connectivity index (χ4v) is 3.06. The summed E-state index contributed by atoms with van der Waals surface area (Å²) in [5.41, 5.74) is 1.60. The molecule has 2 heterocycles. The van der Waals surface area contributed by atoms with Gasteiger partial charge in [-0.05, 0) is 18.9 Å². The van der Waals surface area contributed by atoms with E-state index in [1.807, 2.05) is 37.3 Å². The molecule has 1 aromatic heterocycles. The predicted molar refractivity (Wildman–Crippen MR) is 104 cm³/mol. The third-order valence-corrected chi connectivity index (χ3v) is 4.83. The maximum Gasteiger partial charge on any atom is 0.272 e. The third kappa shape index (κ3) is 4.39. The number of nitrogens with one attached hydrogen (secondary N) is 1. The van der Waals surface area contributed by atoms with Crippen molar-refractivity contribution in [3.8, 4) is 0 Å². The maximum absolute atomic E-state index is 12.9. The second-order valence-electron chi connectivity index (χ2n) is 6.79. The lowest BCUT2D eigenvalue weighted by atomic mass is 10.2. The highest BCUT2D eigenvalue weighted by Crippen LogP contribution is 2.16. The van der Waals surface area contributed by atoms with Gasteiger partial charge >= 0.3 is 0 Å². The lowest BCUT2D eigenvalue weighted by Crippen LogP contribution is -2.38. The number of benzene rings is 1. The predicted octanol–water partition coefficient (Wildman–Crippen LogP) is 1.14. The van der Waals surface area contributed by atoms with E-state index in [-0.39, 0.29) is 24.1 Å². The number of fused-ring (bicyclic) bond motifs is 1. The van der Waals surface area contributed by atoms with Crippen LogP contribution in [0.25, 0.3) is 0 Å². The van der Waals surface area contributed by atoms with Crippen LogP contribution < -0.4 is 5.32 Å². The molecule has 1 aliphatic rings. The van der Waals surface area contributed by atoms with E-state index in [0.29, 0.717) is 31.9 Å². The van der Waals surface area contributed by atoms with Crippen molar-refractivity contribution in [1.29, 1.82) is 0 Å². The summed E-state index contributed by atoms with van der Waals surface area (Å²) in [5, 5.41) is 6.85. The minimum Gasteiger partial charge on any atom is -0.345 e. The molecule has 28 heavy (non-hydrogen) atoms. The standard InChI is InChI=1S/C20H25N5O3/c1-3-23(2)18(26)13-21-19(27)16-12-17-20(28)24(10-7-11-25(17)22-16)14-15-8-5-4-6-9-15/h4-6,8-9,12H,3,7,10-11,13-14H2,1-2H3,(H,21,27). The first-order valence-corrected chi connectivity index (χ1v) is 9.42. The van der Waals surface area contributed by atoms with Gasteiger partial charge in [-0.1, -0.05) is 30.3 Å². The molecule has 0 saturated heterocycles. The second kappa shape index (κ2) is 8.69.